The first-order valence-corrected chi connectivity index (χ1v) is 12.8. The standard InChI is InChI=1S/C25H26F2IN5O/c26-23(27)16-1-4-18(5-2-16)33-19(15-29)14-22(31-33)30-24(34)20-6-3-17(28)13-21(20)32-11-9-25(7-8-25)10-12-32/h3,6,13-14,18H,1-2,4-5,7-12H2,(H,30,31,34). The fourth-order valence-corrected chi connectivity index (χ4v) is 5.72. The van der Waals surface area contributed by atoms with Gasteiger partial charge in [-0.2, -0.15) is 19.1 Å². The van der Waals surface area contributed by atoms with Crippen LogP contribution in [-0.4, -0.2) is 28.8 Å². The second kappa shape index (κ2) is 9.29. The molecular weight excluding hydrogens is 551 g/mol. The lowest BCUT2D eigenvalue weighted by Gasteiger charge is -2.35. The predicted molar refractivity (Wildman–Crippen MR) is 134 cm³/mol. The summed E-state index contributed by atoms with van der Waals surface area (Å²) in [6, 6.07) is 9.36. The van der Waals surface area contributed by atoms with E-state index in [2.05, 4.69) is 50.0 Å². The molecule has 1 aromatic carbocycles. The second-order valence-corrected chi connectivity index (χ2v) is 10.9. The molecule has 0 atom stereocenters. The molecule has 2 aliphatic carbocycles. The number of nitrogens with one attached hydrogen (secondary N) is 1. The second-order valence-electron chi connectivity index (χ2n) is 9.67. The van der Waals surface area contributed by atoms with Crippen LogP contribution in [-0.2, 0) is 0 Å². The number of allylic oxidation sites excluding steroid dienone is 1. The summed E-state index contributed by atoms with van der Waals surface area (Å²) in [5, 5.41) is 16.9. The number of nitriles is 1. The Balaban J connectivity index is 1.33. The summed E-state index contributed by atoms with van der Waals surface area (Å²) in [6.07, 6.45) is 4.96. The van der Waals surface area contributed by atoms with Gasteiger partial charge < -0.3 is 10.2 Å². The van der Waals surface area contributed by atoms with E-state index >= 15 is 0 Å². The molecule has 6 nitrogen and oxygen atoms in total. The predicted octanol–water partition coefficient (Wildman–Crippen LogP) is 6.26. The third kappa shape index (κ3) is 4.69. The first kappa shape index (κ1) is 23.3. The van der Waals surface area contributed by atoms with Crippen LogP contribution in [0.5, 0.6) is 0 Å². The van der Waals surface area contributed by atoms with Crippen LogP contribution in [0.4, 0.5) is 20.3 Å². The number of amides is 1. The van der Waals surface area contributed by atoms with E-state index in [1.807, 2.05) is 12.1 Å². The van der Waals surface area contributed by atoms with E-state index in [9.17, 15) is 18.8 Å². The zero-order valence-corrected chi connectivity index (χ0v) is 20.9. The van der Waals surface area contributed by atoms with Crippen LogP contribution in [0.25, 0.3) is 0 Å². The highest BCUT2D eigenvalue weighted by atomic mass is 127. The molecule has 1 amide bonds. The van der Waals surface area contributed by atoms with Crippen molar-refractivity contribution in [2.24, 2.45) is 5.41 Å². The van der Waals surface area contributed by atoms with Crippen molar-refractivity contribution in [3.63, 3.8) is 0 Å². The highest BCUT2D eigenvalue weighted by molar-refractivity contribution is 14.1. The molecule has 1 aliphatic heterocycles. The topological polar surface area (TPSA) is 74.0 Å². The van der Waals surface area contributed by atoms with Crippen LogP contribution in [0.3, 0.4) is 0 Å². The van der Waals surface area contributed by atoms with Crippen LogP contribution in [0.15, 0.2) is 35.9 Å². The van der Waals surface area contributed by atoms with Gasteiger partial charge in [0.1, 0.15) is 11.8 Å². The third-order valence-electron chi connectivity index (χ3n) is 7.59. The first-order chi connectivity index (χ1) is 16.4. The fraction of sp³-hybridized carbons (Fsp3) is 0.480. The van der Waals surface area contributed by atoms with Crippen molar-refractivity contribution in [3.8, 4) is 6.07 Å². The zero-order chi connectivity index (χ0) is 23.9. The normalized spacial score (nSPS) is 21.3. The summed E-state index contributed by atoms with van der Waals surface area (Å²) >= 11 is 2.27. The van der Waals surface area contributed by atoms with Gasteiger partial charge in [-0.25, -0.2) is 4.68 Å². The SMILES string of the molecule is N#Cc1cc(NC(=O)c2ccc(I)cc2N2CCC3(CC2)CC3)nn1C1CCC(=C(F)F)CC1. The number of nitrogens with zero attached hydrogens (tertiary/aromatic N) is 4. The molecule has 0 unspecified atom stereocenters. The average molecular weight is 577 g/mol. The quantitative estimate of drug-likeness (QED) is 0.436. The number of aromatic nitrogens is 2. The van der Waals surface area contributed by atoms with Crippen LogP contribution in [0.1, 0.15) is 73.5 Å². The van der Waals surface area contributed by atoms with Gasteiger partial charge in [0, 0.05) is 22.7 Å². The molecule has 0 bridgehead atoms. The van der Waals surface area contributed by atoms with Gasteiger partial charge in [0.25, 0.3) is 12.0 Å². The summed E-state index contributed by atoms with van der Waals surface area (Å²) < 4.78 is 28.4. The molecule has 2 aromatic rings. The maximum absolute atomic E-state index is 13.3. The van der Waals surface area contributed by atoms with Gasteiger partial charge in [-0.05, 0) is 103 Å². The smallest absolute Gasteiger partial charge is 0.269 e. The van der Waals surface area contributed by atoms with Crippen LogP contribution < -0.4 is 10.2 Å². The highest BCUT2D eigenvalue weighted by Gasteiger charge is 2.44. The molecule has 2 saturated carbocycles. The molecule has 0 radical (unpaired) electrons. The molecule has 5 rings (SSSR count). The van der Waals surface area contributed by atoms with Gasteiger partial charge in [0.05, 0.1) is 17.3 Å². The molecule has 34 heavy (non-hydrogen) atoms. The zero-order valence-electron chi connectivity index (χ0n) is 18.8. The Kier molecular flexibility index (Phi) is 6.35. The summed E-state index contributed by atoms with van der Waals surface area (Å²) in [5.74, 6) is 0.0419. The molecule has 1 aromatic heterocycles. The van der Waals surface area contributed by atoms with E-state index in [0.717, 1.165) is 22.3 Å². The number of carbonyl (C=O) groups excluding carboxylic acids is 1. The van der Waals surface area contributed by atoms with Gasteiger partial charge in [-0.15, -0.1) is 0 Å². The lowest BCUT2D eigenvalue weighted by molar-refractivity contribution is 0.102. The minimum atomic E-state index is -1.60. The van der Waals surface area contributed by atoms with Crippen molar-refractivity contribution in [1.29, 1.82) is 5.26 Å². The van der Waals surface area contributed by atoms with Gasteiger partial charge in [0.2, 0.25) is 0 Å². The van der Waals surface area contributed by atoms with Crippen molar-refractivity contribution in [2.75, 3.05) is 23.3 Å². The van der Waals surface area contributed by atoms with Crippen molar-refractivity contribution in [2.45, 2.75) is 57.4 Å². The Morgan fingerprint density at radius 3 is 2.47 bits per heavy atom. The third-order valence-corrected chi connectivity index (χ3v) is 8.26. The molecular formula is C25H26F2IN5O. The Hall–Kier alpha value is -2.48. The Bertz CT molecular complexity index is 1170. The highest BCUT2D eigenvalue weighted by Crippen LogP contribution is 2.54. The monoisotopic (exact) mass is 577 g/mol. The van der Waals surface area contributed by atoms with Gasteiger partial charge in [0.15, 0.2) is 5.82 Å². The van der Waals surface area contributed by atoms with E-state index in [1.54, 1.807) is 10.7 Å². The number of halogens is 3. The van der Waals surface area contributed by atoms with E-state index < -0.39 is 6.08 Å². The van der Waals surface area contributed by atoms with Crippen LogP contribution in [0.2, 0.25) is 0 Å². The number of hydrogen-bond acceptors (Lipinski definition) is 4. The molecule has 3 aliphatic rings. The molecule has 3 fully saturated rings. The molecule has 2 heterocycles. The lowest BCUT2D eigenvalue weighted by Crippen LogP contribution is -2.35. The molecule has 1 saturated heterocycles. The molecule has 9 heteroatoms. The molecule has 1 N–H and O–H groups in total. The largest absolute Gasteiger partial charge is 0.371 e. The van der Waals surface area contributed by atoms with Crippen LogP contribution >= 0.6 is 22.6 Å². The van der Waals surface area contributed by atoms with E-state index in [4.69, 9.17) is 0 Å². The summed E-state index contributed by atoms with van der Waals surface area (Å²) in [4.78, 5) is 15.6. The number of anilines is 2. The maximum atomic E-state index is 13.3. The summed E-state index contributed by atoms with van der Waals surface area (Å²) in [5.41, 5.74) is 2.58. The molecule has 178 valence electrons. The first-order valence-electron chi connectivity index (χ1n) is 11.8. The van der Waals surface area contributed by atoms with E-state index in [0.29, 0.717) is 48.2 Å². The number of rotatable bonds is 4. The number of hydrogen-bond donors (Lipinski definition) is 1. The summed E-state index contributed by atoms with van der Waals surface area (Å²) in [6.45, 7) is 1.90. The van der Waals surface area contributed by atoms with Crippen molar-refractivity contribution in [3.05, 3.63) is 50.7 Å². The summed E-state index contributed by atoms with van der Waals surface area (Å²) in [7, 11) is 0. The molecule has 1 spiro atoms. The number of piperidine rings is 1. The Morgan fingerprint density at radius 1 is 1.15 bits per heavy atom. The Morgan fingerprint density at radius 2 is 1.85 bits per heavy atom. The van der Waals surface area contributed by atoms with Crippen molar-refractivity contribution in [1.82, 2.24) is 9.78 Å². The number of carbonyl (C=O) groups is 1. The van der Waals surface area contributed by atoms with E-state index in [-0.39, 0.29) is 17.5 Å². The fourth-order valence-electron chi connectivity index (χ4n) is 5.24. The van der Waals surface area contributed by atoms with Crippen molar-refractivity contribution >= 4 is 40.0 Å². The van der Waals surface area contributed by atoms with Gasteiger partial charge in [-0.1, -0.05) is 0 Å². The maximum Gasteiger partial charge on any atom is 0.269 e. The average Bonchev–Trinajstić information content (AvgIpc) is 3.46. The Labute approximate surface area is 211 Å². The lowest BCUT2D eigenvalue weighted by atomic mass is 9.91. The van der Waals surface area contributed by atoms with Crippen molar-refractivity contribution < 1.29 is 13.6 Å². The minimum absolute atomic E-state index is 0.139. The van der Waals surface area contributed by atoms with Gasteiger partial charge in [-0.3, -0.25) is 4.79 Å². The number of benzene rings is 1. The van der Waals surface area contributed by atoms with Gasteiger partial charge >= 0.3 is 0 Å². The van der Waals surface area contributed by atoms with Crippen LogP contribution in [0, 0.1) is 20.3 Å². The minimum Gasteiger partial charge on any atom is -0.371 e. The van der Waals surface area contributed by atoms with E-state index in [1.165, 1.54) is 25.7 Å².